The largest absolute Gasteiger partial charge is 0.450 e. The summed E-state index contributed by atoms with van der Waals surface area (Å²) in [5.41, 5.74) is -0.650. The van der Waals surface area contributed by atoms with Crippen LogP contribution in [0.25, 0.3) is 0 Å². The number of nitrogens with zero attached hydrogens (tertiary/aromatic N) is 3. The van der Waals surface area contributed by atoms with Crippen molar-refractivity contribution in [1.29, 1.82) is 0 Å². The number of aromatic nitrogens is 2. The van der Waals surface area contributed by atoms with Crippen LogP contribution in [-0.4, -0.2) is 93.2 Å². The molecule has 4 fully saturated rings. The fraction of sp³-hybridized carbons (Fsp3) is 0.737. The van der Waals surface area contributed by atoms with E-state index in [2.05, 4.69) is 31.2 Å². The van der Waals surface area contributed by atoms with Crippen LogP contribution < -0.4 is 21.3 Å². The Balaban J connectivity index is 1.38. The summed E-state index contributed by atoms with van der Waals surface area (Å²) >= 11 is 0. The Kier molecular flexibility index (Phi) is 12.9. The highest BCUT2D eigenvalue weighted by molar-refractivity contribution is 5.98. The Hall–Kier alpha value is -4.10. The summed E-state index contributed by atoms with van der Waals surface area (Å²) in [5, 5.41) is 11.9. The van der Waals surface area contributed by atoms with Crippen molar-refractivity contribution in [2.24, 2.45) is 23.2 Å². The van der Waals surface area contributed by atoms with E-state index in [1.807, 2.05) is 27.7 Å². The molecule has 1 saturated heterocycles. The van der Waals surface area contributed by atoms with E-state index >= 15 is 0 Å². The van der Waals surface area contributed by atoms with Crippen LogP contribution in [0.2, 0.25) is 0 Å². The Morgan fingerprint density at radius 2 is 1.63 bits per heavy atom. The standard InChI is InChI=1S/C38H57N7O7/c1-6-11-27(31(52-22(2)46)36(50)41-25-16-17-25)42-35(49)30-26-15-10-14-24(26)21-45(30)37(51)32(38(3,4)5)44-34(48)29(23-12-8-7-9-13-23)43-33(47)28-20-39-18-19-40-28/h18-20,23-27,29-32H,6-17,21H2,1-5H3,(H,41,50)(H,42,49)(H,43,47)(H,44,48)/t24-,26?,27+,29+,30?,31?,32-/m1/s1. The van der Waals surface area contributed by atoms with E-state index in [-0.39, 0.29) is 35.4 Å². The molecule has 3 aliphatic carbocycles. The van der Waals surface area contributed by atoms with Gasteiger partial charge in [0.1, 0.15) is 23.8 Å². The molecule has 0 spiro atoms. The third-order valence-electron chi connectivity index (χ3n) is 11.1. The molecule has 4 N–H and O–H groups in total. The topological polar surface area (TPSA) is 189 Å². The van der Waals surface area contributed by atoms with Crippen molar-refractivity contribution in [3.63, 3.8) is 0 Å². The van der Waals surface area contributed by atoms with Crippen LogP contribution in [-0.2, 0) is 28.7 Å². The molecule has 3 unspecified atom stereocenters. The number of esters is 1. The first-order valence-electron chi connectivity index (χ1n) is 19.2. The van der Waals surface area contributed by atoms with Crippen molar-refractivity contribution in [3.8, 4) is 0 Å². The fourth-order valence-electron chi connectivity index (χ4n) is 8.30. The van der Waals surface area contributed by atoms with E-state index in [1.54, 1.807) is 4.90 Å². The van der Waals surface area contributed by atoms with E-state index < -0.39 is 65.3 Å². The quantitative estimate of drug-likeness (QED) is 0.209. The van der Waals surface area contributed by atoms with Crippen LogP contribution in [0.3, 0.4) is 0 Å². The second-order valence-corrected chi connectivity index (χ2v) is 16.3. The maximum absolute atomic E-state index is 14.7. The predicted octanol–water partition coefficient (Wildman–Crippen LogP) is 2.81. The zero-order valence-corrected chi connectivity index (χ0v) is 31.3. The van der Waals surface area contributed by atoms with Gasteiger partial charge in [-0.25, -0.2) is 4.98 Å². The third kappa shape index (κ3) is 9.65. The van der Waals surface area contributed by atoms with Crippen molar-refractivity contribution in [3.05, 3.63) is 24.3 Å². The number of amides is 5. The van der Waals surface area contributed by atoms with Crippen LogP contribution >= 0.6 is 0 Å². The molecule has 1 aromatic heterocycles. The lowest BCUT2D eigenvalue weighted by atomic mass is 9.82. The number of hydrogen-bond donors (Lipinski definition) is 4. The summed E-state index contributed by atoms with van der Waals surface area (Å²) in [6.45, 7) is 9.14. The van der Waals surface area contributed by atoms with Gasteiger partial charge in [-0.15, -0.1) is 0 Å². The van der Waals surface area contributed by atoms with Crippen LogP contribution in [0.4, 0.5) is 0 Å². The first-order valence-corrected chi connectivity index (χ1v) is 19.2. The Bertz CT molecular complexity index is 1460. The molecule has 5 rings (SSSR count). The van der Waals surface area contributed by atoms with Gasteiger partial charge in [0.05, 0.1) is 12.2 Å². The predicted molar refractivity (Wildman–Crippen MR) is 191 cm³/mol. The molecule has 2 heterocycles. The summed E-state index contributed by atoms with van der Waals surface area (Å²) < 4.78 is 5.50. The summed E-state index contributed by atoms with van der Waals surface area (Å²) in [5.74, 6) is -2.88. The summed E-state index contributed by atoms with van der Waals surface area (Å²) in [7, 11) is 0. The van der Waals surface area contributed by atoms with Crippen LogP contribution in [0.1, 0.15) is 122 Å². The number of ether oxygens (including phenoxy) is 1. The Labute approximate surface area is 306 Å². The number of carbonyl (C=O) groups is 6. The zero-order chi connectivity index (χ0) is 37.6. The molecule has 0 bridgehead atoms. The molecule has 1 aliphatic heterocycles. The minimum atomic E-state index is -1.21. The van der Waals surface area contributed by atoms with E-state index in [4.69, 9.17) is 4.74 Å². The molecule has 1 aromatic rings. The smallest absolute Gasteiger partial charge is 0.303 e. The average Bonchev–Trinajstić information content (AvgIpc) is 3.68. The van der Waals surface area contributed by atoms with Crippen molar-refractivity contribution >= 4 is 35.5 Å². The minimum Gasteiger partial charge on any atom is -0.450 e. The Morgan fingerprint density at radius 3 is 2.25 bits per heavy atom. The molecular formula is C38H57N7O7. The number of likely N-dealkylation sites (tertiary alicyclic amines) is 1. The normalized spacial score (nSPS) is 24.1. The first-order chi connectivity index (χ1) is 24.8. The summed E-state index contributed by atoms with van der Waals surface area (Å²) in [4.78, 5) is 91.6. The van der Waals surface area contributed by atoms with Crippen molar-refractivity contribution in [2.45, 2.75) is 148 Å². The van der Waals surface area contributed by atoms with Gasteiger partial charge in [-0.3, -0.25) is 33.8 Å². The van der Waals surface area contributed by atoms with Crippen LogP contribution in [0, 0.1) is 23.2 Å². The molecule has 5 amide bonds. The second-order valence-electron chi connectivity index (χ2n) is 16.3. The lowest BCUT2D eigenvalue weighted by Crippen LogP contribution is -2.62. The molecular weight excluding hydrogens is 666 g/mol. The highest BCUT2D eigenvalue weighted by atomic mass is 16.5. The Morgan fingerprint density at radius 1 is 0.904 bits per heavy atom. The highest BCUT2D eigenvalue weighted by Gasteiger charge is 2.52. The molecule has 286 valence electrons. The fourth-order valence-corrected chi connectivity index (χ4v) is 8.30. The summed E-state index contributed by atoms with van der Waals surface area (Å²) in [6.07, 6.45) is 12.8. The molecule has 0 aromatic carbocycles. The molecule has 7 atom stereocenters. The van der Waals surface area contributed by atoms with Gasteiger partial charge in [0.2, 0.25) is 17.7 Å². The molecule has 14 heteroatoms. The maximum atomic E-state index is 14.7. The van der Waals surface area contributed by atoms with Gasteiger partial charge in [-0.2, -0.15) is 0 Å². The van der Waals surface area contributed by atoms with Crippen molar-refractivity contribution in [2.75, 3.05) is 6.54 Å². The van der Waals surface area contributed by atoms with Gasteiger partial charge in [0, 0.05) is 31.9 Å². The maximum Gasteiger partial charge on any atom is 0.303 e. The van der Waals surface area contributed by atoms with E-state index in [0.29, 0.717) is 19.4 Å². The summed E-state index contributed by atoms with van der Waals surface area (Å²) in [6, 6.07) is -3.47. The van der Waals surface area contributed by atoms with Gasteiger partial charge in [0.25, 0.3) is 11.8 Å². The number of fused-ring (bicyclic) bond motifs is 1. The molecule has 3 saturated carbocycles. The van der Waals surface area contributed by atoms with Gasteiger partial charge in [-0.1, -0.05) is 59.8 Å². The van der Waals surface area contributed by atoms with Gasteiger partial charge in [0.15, 0.2) is 6.10 Å². The lowest BCUT2D eigenvalue weighted by molar-refractivity contribution is -0.157. The van der Waals surface area contributed by atoms with Crippen molar-refractivity contribution in [1.82, 2.24) is 36.1 Å². The number of hydrogen-bond acceptors (Lipinski definition) is 9. The molecule has 14 nitrogen and oxygen atoms in total. The first kappa shape index (κ1) is 39.1. The SMILES string of the molecule is CCC[C@H](NC(=O)C1C2CCC[C@@H]2CN1C(=O)[C@@H](NC(=O)[C@@H](NC(=O)c1cnccn1)C1CCCCC1)C(C)(C)C)C(OC(C)=O)C(=O)NC1CC1. The molecule has 0 radical (unpaired) electrons. The minimum absolute atomic E-state index is 0.0355. The monoisotopic (exact) mass is 723 g/mol. The van der Waals surface area contributed by atoms with Crippen molar-refractivity contribution < 1.29 is 33.5 Å². The third-order valence-corrected chi connectivity index (χ3v) is 11.1. The lowest BCUT2D eigenvalue weighted by Gasteiger charge is -2.38. The van der Waals surface area contributed by atoms with Gasteiger partial charge < -0.3 is 30.9 Å². The zero-order valence-electron chi connectivity index (χ0n) is 31.3. The van der Waals surface area contributed by atoms with E-state index in [9.17, 15) is 28.8 Å². The number of rotatable bonds is 14. The van der Waals surface area contributed by atoms with E-state index in [1.165, 1.54) is 25.5 Å². The molecule has 4 aliphatic rings. The number of nitrogens with one attached hydrogen (secondary N) is 4. The van der Waals surface area contributed by atoms with Crippen LogP contribution in [0.15, 0.2) is 18.6 Å². The van der Waals surface area contributed by atoms with Gasteiger partial charge in [-0.05, 0) is 68.1 Å². The van der Waals surface area contributed by atoms with Crippen LogP contribution in [0.5, 0.6) is 0 Å². The highest BCUT2D eigenvalue weighted by Crippen LogP contribution is 2.43. The average molecular weight is 724 g/mol. The van der Waals surface area contributed by atoms with E-state index in [0.717, 1.165) is 64.2 Å². The van der Waals surface area contributed by atoms with Gasteiger partial charge >= 0.3 is 5.97 Å². The molecule has 52 heavy (non-hydrogen) atoms. The second kappa shape index (κ2) is 17.2. The number of carbonyl (C=O) groups excluding carboxylic acids is 6.